The van der Waals surface area contributed by atoms with Gasteiger partial charge in [0.15, 0.2) is 0 Å². The summed E-state index contributed by atoms with van der Waals surface area (Å²) in [6.07, 6.45) is 3.12. The van der Waals surface area contributed by atoms with Crippen molar-refractivity contribution in [2.45, 2.75) is 26.4 Å². The quantitative estimate of drug-likeness (QED) is 0.800. The monoisotopic (exact) mass is 344 g/mol. The Morgan fingerprint density at radius 3 is 2.62 bits per heavy atom. The van der Waals surface area contributed by atoms with E-state index in [4.69, 9.17) is 4.74 Å². The Kier molecular flexibility index (Phi) is 5.25. The lowest BCUT2D eigenvalue weighted by atomic mass is 9.97. The zero-order valence-electron chi connectivity index (χ0n) is 13.6. The summed E-state index contributed by atoms with van der Waals surface area (Å²) in [5.41, 5.74) is 1.07. The highest BCUT2D eigenvalue weighted by Crippen LogP contribution is 2.26. The standard InChI is InChI=1S/C18H20N2O3S/c1-13(21)20-9-7-15(8-10-20)18(22)23-12-16-11-19-17(24-16)14-5-3-2-4-6-14/h2-6,11,15H,7-10,12H2,1H3. The first-order valence-electron chi connectivity index (χ1n) is 8.06. The number of thiazole rings is 1. The van der Waals surface area contributed by atoms with Gasteiger partial charge in [-0.1, -0.05) is 30.3 Å². The number of carbonyl (C=O) groups is 2. The van der Waals surface area contributed by atoms with Crippen LogP contribution in [-0.2, 0) is 20.9 Å². The summed E-state index contributed by atoms with van der Waals surface area (Å²) in [6.45, 7) is 3.09. The topological polar surface area (TPSA) is 59.5 Å². The Bertz CT molecular complexity index is 706. The van der Waals surface area contributed by atoms with Crippen LogP contribution in [-0.4, -0.2) is 34.8 Å². The molecule has 3 rings (SSSR count). The molecule has 0 bridgehead atoms. The second kappa shape index (κ2) is 7.57. The van der Waals surface area contributed by atoms with Crippen LogP contribution in [0.2, 0.25) is 0 Å². The number of esters is 1. The average Bonchev–Trinajstić information content (AvgIpc) is 3.09. The number of piperidine rings is 1. The predicted octanol–water partition coefficient (Wildman–Crippen LogP) is 3.11. The normalized spacial score (nSPS) is 15.3. The van der Waals surface area contributed by atoms with Gasteiger partial charge in [0.2, 0.25) is 5.91 Å². The molecular formula is C18H20N2O3S. The minimum atomic E-state index is -0.173. The summed E-state index contributed by atoms with van der Waals surface area (Å²) in [5.74, 6) is -0.213. The fraction of sp³-hybridized carbons (Fsp3) is 0.389. The highest BCUT2D eigenvalue weighted by atomic mass is 32.1. The minimum absolute atomic E-state index is 0.0694. The van der Waals surface area contributed by atoms with Gasteiger partial charge in [0, 0.05) is 31.8 Å². The van der Waals surface area contributed by atoms with Gasteiger partial charge < -0.3 is 9.64 Å². The van der Waals surface area contributed by atoms with E-state index in [1.807, 2.05) is 30.3 Å². The summed E-state index contributed by atoms with van der Waals surface area (Å²) in [7, 11) is 0. The van der Waals surface area contributed by atoms with Crippen molar-refractivity contribution in [2.24, 2.45) is 5.92 Å². The van der Waals surface area contributed by atoms with Gasteiger partial charge in [-0.25, -0.2) is 4.98 Å². The number of likely N-dealkylation sites (tertiary alicyclic amines) is 1. The molecule has 1 fully saturated rings. The number of hydrogen-bond donors (Lipinski definition) is 0. The molecule has 0 spiro atoms. The molecule has 1 aromatic carbocycles. The molecule has 0 aliphatic carbocycles. The lowest BCUT2D eigenvalue weighted by Crippen LogP contribution is -2.39. The van der Waals surface area contributed by atoms with Crippen molar-refractivity contribution in [1.82, 2.24) is 9.88 Å². The molecular weight excluding hydrogens is 324 g/mol. The van der Waals surface area contributed by atoms with Gasteiger partial charge in [0.25, 0.3) is 0 Å². The summed E-state index contributed by atoms with van der Waals surface area (Å²) in [6, 6.07) is 9.94. The van der Waals surface area contributed by atoms with Crippen molar-refractivity contribution >= 4 is 23.2 Å². The highest BCUT2D eigenvalue weighted by molar-refractivity contribution is 7.15. The molecule has 0 radical (unpaired) electrons. The molecule has 0 N–H and O–H groups in total. The summed E-state index contributed by atoms with van der Waals surface area (Å²) in [4.78, 5) is 30.6. The van der Waals surface area contributed by atoms with Crippen molar-refractivity contribution in [3.05, 3.63) is 41.4 Å². The van der Waals surface area contributed by atoms with Gasteiger partial charge in [0.1, 0.15) is 11.6 Å². The molecule has 24 heavy (non-hydrogen) atoms. The van der Waals surface area contributed by atoms with E-state index in [-0.39, 0.29) is 24.4 Å². The van der Waals surface area contributed by atoms with Gasteiger partial charge in [-0.3, -0.25) is 9.59 Å². The summed E-state index contributed by atoms with van der Waals surface area (Å²) < 4.78 is 5.44. The zero-order valence-corrected chi connectivity index (χ0v) is 14.4. The molecule has 2 aromatic rings. The lowest BCUT2D eigenvalue weighted by molar-refractivity contribution is -0.152. The van der Waals surface area contributed by atoms with Crippen LogP contribution in [0.3, 0.4) is 0 Å². The number of hydrogen-bond acceptors (Lipinski definition) is 5. The maximum absolute atomic E-state index is 12.2. The van der Waals surface area contributed by atoms with E-state index in [2.05, 4.69) is 4.98 Å². The van der Waals surface area contributed by atoms with Gasteiger partial charge in [-0.15, -0.1) is 11.3 Å². The maximum Gasteiger partial charge on any atom is 0.309 e. The number of rotatable bonds is 4. The third-order valence-electron chi connectivity index (χ3n) is 4.20. The van der Waals surface area contributed by atoms with Crippen LogP contribution in [0, 0.1) is 5.92 Å². The van der Waals surface area contributed by atoms with Crippen LogP contribution in [0.4, 0.5) is 0 Å². The van der Waals surface area contributed by atoms with Crippen molar-refractivity contribution in [3.8, 4) is 10.6 Å². The molecule has 1 aromatic heterocycles. The Hall–Kier alpha value is -2.21. The first-order valence-corrected chi connectivity index (χ1v) is 8.87. The number of carbonyl (C=O) groups excluding carboxylic acids is 2. The molecule has 1 amide bonds. The van der Waals surface area contributed by atoms with Crippen LogP contribution < -0.4 is 0 Å². The Labute approximate surface area is 145 Å². The molecule has 1 aliphatic heterocycles. The van der Waals surface area contributed by atoms with Crippen LogP contribution in [0.25, 0.3) is 10.6 Å². The Balaban J connectivity index is 1.50. The fourth-order valence-corrected chi connectivity index (χ4v) is 3.61. The van der Waals surface area contributed by atoms with E-state index >= 15 is 0 Å². The zero-order chi connectivity index (χ0) is 16.9. The Morgan fingerprint density at radius 1 is 1.25 bits per heavy atom. The first kappa shape index (κ1) is 16.6. The molecule has 6 heteroatoms. The second-order valence-electron chi connectivity index (χ2n) is 5.89. The molecule has 2 heterocycles. The average molecular weight is 344 g/mol. The SMILES string of the molecule is CC(=O)N1CCC(C(=O)OCc2cnc(-c3ccccc3)s2)CC1. The number of nitrogens with zero attached hydrogens (tertiary/aromatic N) is 2. The fourth-order valence-electron chi connectivity index (χ4n) is 2.78. The molecule has 1 saturated heterocycles. The van der Waals surface area contributed by atoms with Gasteiger partial charge in [-0.2, -0.15) is 0 Å². The van der Waals surface area contributed by atoms with E-state index < -0.39 is 0 Å². The van der Waals surface area contributed by atoms with Gasteiger partial charge >= 0.3 is 5.97 Å². The summed E-state index contributed by atoms with van der Waals surface area (Å²) in [5, 5.41) is 0.927. The van der Waals surface area contributed by atoms with Crippen LogP contribution in [0.1, 0.15) is 24.6 Å². The Morgan fingerprint density at radius 2 is 1.96 bits per heavy atom. The third-order valence-corrected chi connectivity index (χ3v) is 5.22. The minimum Gasteiger partial charge on any atom is -0.460 e. The van der Waals surface area contributed by atoms with E-state index in [1.54, 1.807) is 18.0 Å². The van der Waals surface area contributed by atoms with Crippen LogP contribution in [0.15, 0.2) is 36.5 Å². The number of amides is 1. The molecule has 126 valence electrons. The number of ether oxygens (including phenoxy) is 1. The smallest absolute Gasteiger partial charge is 0.309 e. The summed E-state index contributed by atoms with van der Waals surface area (Å²) >= 11 is 1.54. The first-order chi connectivity index (χ1) is 11.6. The molecule has 0 saturated carbocycles. The maximum atomic E-state index is 12.2. The van der Waals surface area contributed by atoms with Crippen molar-refractivity contribution in [3.63, 3.8) is 0 Å². The van der Waals surface area contributed by atoms with Crippen molar-refractivity contribution < 1.29 is 14.3 Å². The van der Waals surface area contributed by atoms with E-state index in [9.17, 15) is 9.59 Å². The van der Waals surface area contributed by atoms with Gasteiger partial charge in [0.05, 0.1) is 10.8 Å². The van der Waals surface area contributed by atoms with Crippen molar-refractivity contribution in [1.29, 1.82) is 0 Å². The highest BCUT2D eigenvalue weighted by Gasteiger charge is 2.27. The van der Waals surface area contributed by atoms with Crippen LogP contribution in [0.5, 0.6) is 0 Å². The second-order valence-corrected chi connectivity index (χ2v) is 7.00. The van der Waals surface area contributed by atoms with E-state index in [0.717, 1.165) is 15.4 Å². The van der Waals surface area contributed by atoms with E-state index in [1.165, 1.54) is 11.3 Å². The molecule has 5 nitrogen and oxygen atoms in total. The largest absolute Gasteiger partial charge is 0.460 e. The molecule has 0 atom stereocenters. The predicted molar refractivity (Wildman–Crippen MR) is 92.3 cm³/mol. The molecule has 1 aliphatic rings. The van der Waals surface area contributed by atoms with E-state index in [0.29, 0.717) is 25.9 Å². The van der Waals surface area contributed by atoms with Crippen molar-refractivity contribution in [2.75, 3.05) is 13.1 Å². The lowest BCUT2D eigenvalue weighted by Gasteiger charge is -2.29. The number of aromatic nitrogens is 1. The third kappa shape index (κ3) is 4.00. The number of benzene rings is 1. The molecule has 0 unspecified atom stereocenters. The van der Waals surface area contributed by atoms with Crippen LogP contribution >= 0.6 is 11.3 Å². The van der Waals surface area contributed by atoms with Gasteiger partial charge in [-0.05, 0) is 12.8 Å².